The van der Waals surface area contributed by atoms with Gasteiger partial charge in [0.2, 0.25) is 0 Å². The van der Waals surface area contributed by atoms with Crippen LogP contribution in [0.1, 0.15) is 13.8 Å². The van der Waals surface area contributed by atoms with Crippen molar-refractivity contribution in [1.29, 1.82) is 0 Å². The molecule has 10 heavy (non-hydrogen) atoms. The van der Waals surface area contributed by atoms with E-state index in [2.05, 4.69) is 11.8 Å². The highest BCUT2D eigenvalue weighted by atomic mass is 16.1. The van der Waals surface area contributed by atoms with Crippen LogP contribution in [0.15, 0.2) is 12.2 Å². The predicted octanol–water partition coefficient (Wildman–Crippen LogP) is 0.834. The van der Waals surface area contributed by atoms with E-state index in [1.54, 1.807) is 6.08 Å². The molecule has 0 aromatic rings. The van der Waals surface area contributed by atoms with Gasteiger partial charge >= 0.3 is 0 Å². The van der Waals surface area contributed by atoms with E-state index in [0.29, 0.717) is 6.04 Å². The summed E-state index contributed by atoms with van der Waals surface area (Å²) in [5.74, 6) is 0.209. The molecule has 1 aliphatic heterocycles. The van der Waals surface area contributed by atoms with Crippen LogP contribution in [-0.2, 0) is 4.79 Å². The lowest BCUT2D eigenvalue weighted by Crippen LogP contribution is -2.43. The summed E-state index contributed by atoms with van der Waals surface area (Å²) in [6.07, 6.45) is 3.61. The Morgan fingerprint density at radius 1 is 1.50 bits per heavy atom. The Kier molecular flexibility index (Phi) is 1.90. The summed E-state index contributed by atoms with van der Waals surface area (Å²) in [6, 6.07) is 0.452. The van der Waals surface area contributed by atoms with E-state index in [4.69, 9.17) is 0 Å². The lowest BCUT2D eigenvalue weighted by Gasteiger charge is -2.30. The third kappa shape index (κ3) is 1.12. The van der Waals surface area contributed by atoms with E-state index >= 15 is 0 Å². The SMILES string of the molecule is CC1C=CC(=O)C(C)N1C. The molecule has 0 fully saturated rings. The van der Waals surface area contributed by atoms with Gasteiger partial charge in [0.25, 0.3) is 0 Å². The number of carbonyl (C=O) groups excluding carboxylic acids is 1. The van der Waals surface area contributed by atoms with Gasteiger partial charge in [0, 0.05) is 6.04 Å². The Balaban J connectivity index is 2.79. The number of nitrogens with zero attached hydrogens (tertiary/aromatic N) is 1. The maximum absolute atomic E-state index is 11.0. The highest BCUT2D eigenvalue weighted by molar-refractivity contribution is 5.94. The zero-order chi connectivity index (χ0) is 7.72. The Morgan fingerprint density at radius 3 is 2.60 bits per heavy atom. The molecule has 2 nitrogen and oxygen atoms in total. The number of likely N-dealkylation sites (N-methyl/N-ethyl adjacent to an activating group) is 1. The fourth-order valence-electron chi connectivity index (χ4n) is 1.06. The van der Waals surface area contributed by atoms with Crippen molar-refractivity contribution in [1.82, 2.24) is 4.90 Å². The molecule has 56 valence electrons. The fourth-order valence-corrected chi connectivity index (χ4v) is 1.06. The third-order valence-corrected chi connectivity index (χ3v) is 2.20. The van der Waals surface area contributed by atoms with Crippen molar-refractivity contribution in [3.63, 3.8) is 0 Å². The minimum atomic E-state index is 0.0556. The van der Waals surface area contributed by atoms with Gasteiger partial charge in [-0.3, -0.25) is 9.69 Å². The van der Waals surface area contributed by atoms with Gasteiger partial charge < -0.3 is 0 Å². The van der Waals surface area contributed by atoms with Crippen molar-refractivity contribution in [2.45, 2.75) is 25.9 Å². The van der Waals surface area contributed by atoms with Crippen LogP contribution >= 0.6 is 0 Å². The molecule has 0 amide bonds. The maximum atomic E-state index is 11.0. The Labute approximate surface area is 61.5 Å². The van der Waals surface area contributed by atoms with E-state index in [1.165, 1.54) is 0 Å². The van der Waals surface area contributed by atoms with E-state index in [0.717, 1.165) is 0 Å². The van der Waals surface area contributed by atoms with Gasteiger partial charge in [-0.05, 0) is 27.0 Å². The first-order valence-electron chi connectivity index (χ1n) is 3.57. The highest BCUT2D eigenvalue weighted by Gasteiger charge is 2.22. The van der Waals surface area contributed by atoms with Gasteiger partial charge in [-0.2, -0.15) is 0 Å². The molecule has 2 unspecified atom stereocenters. The van der Waals surface area contributed by atoms with Crippen LogP contribution < -0.4 is 0 Å². The second-order valence-electron chi connectivity index (χ2n) is 2.84. The normalized spacial score (nSPS) is 34.9. The topological polar surface area (TPSA) is 20.3 Å². The van der Waals surface area contributed by atoms with Gasteiger partial charge in [0.1, 0.15) is 0 Å². The quantitative estimate of drug-likeness (QED) is 0.495. The van der Waals surface area contributed by atoms with Crippen LogP contribution in [0.4, 0.5) is 0 Å². The number of carbonyl (C=O) groups is 1. The molecule has 0 aromatic carbocycles. The minimum absolute atomic E-state index is 0.0556. The summed E-state index contributed by atoms with van der Waals surface area (Å²) in [4.78, 5) is 13.1. The molecule has 2 heteroatoms. The Bertz CT molecular complexity index is 174. The van der Waals surface area contributed by atoms with Crippen LogP contribution in [0.3, 0.4) is 0 Å². The van der Waals surface area contributed by atoms with Crippen molar-refractivity contribution in [3.8, 4) is 0 Å². The van der Waals surface area contributed by atoms with E-state index in [9.17, 15) is 4.79 Å². The van der Waals surface area contributed by atoms with Crippen molar-refractivity contribution in [2.24, 2.45) is 0 Å². The van der Waals surface area contributed by atoms with Crippen LogP contribution in [0.2, 0.25) is 0 Å². The van der Waals surface area contributed by atoms with Crippen LogP contribution in [0, 0.1) is 0 Å². The molecule has 0 saturated heterocycles. The van der Waals surface area contributed by atoms with Gasteiger partial charge in [0.15, 0.2) is 5.78 Å². The Morgan fingerprint density at radius 2 is 2.10 bits per heavy atom. The number of ketones is 1. The largest absolute Gasteiger partial charge is 0.293 e. The molecule has 0 radical (unpaired) electrons. The van der Waals surface area contributed by atoms with Crippen molar-refractivity contribution in [2.75, 3.05) is 7.05 Å². The second kappa shape index (κ2) is 2.54. The molecule has 1 aliphatic rings. The number of hydrogen-bond acceptors (Lipinski definition) is 2. The van der Waals surface area contributed by atoms with E-state index in [1.807, 2.05) is 20.0 Å². The molecule has 0 aromatic heterocycles. The average Bonchev–Trinajstić information content (AvgIpc) is 1.93. The van der Waals surface area contributed by atoms with E-state index < -0.39 is 0 Å². The lowest BCUT2D eigenvalue weighted by atomic mass is 10.1. The molecular formula is C8H13NO. The smallest absolute Gasteiger partial charge is 0.172 e. The summed E-state index contributed by atoms with van der Waals surface area (Å²) >= 11 is 0. The molecule has 0 N–H and O–H groups in total. The summed E-state index contributed by atoms with van der Waals surface area (Å²) in [5, 5.41) is 0. The zero-order valence-corrected chi connectivity index (χ0v) is 6.66. The third-order valence-electron chi connectivity index (χ3n) is 2.20. The van der Waals surface area contributed by atoms with Gasteiger partial charge in [-0.25, -0.2) is 0 Å². The van der Waals surface area contributed by atoms with Crippen LogP contribution in [0.25, 0.3) is 0 Å². The summed E-state index contributed by atoms with van der Waals surface area (Å²) in [5.41, 5.74) is 0. The Hall–Kier alpha value is -0.630. The molecule has 0 saturated carbocycles. The standard InChI is InChI=1S/C8H13NO/c1-6-4-5-8(10)7(2)9(6)3/h4-7H,1-3H3. The first-order valence-corrected chi connectivity index (χ1v) is 3.57. The molecule has 0 aliphatic carbocycles. The zero-order valence-electron chi connectivity index (χ0n) is 6.66. The van der Waals surface area contributed by atoms with Crippen molar-refractivity contribution >= 4 is 5.78 Å². The second-order valence-corrected chi connectivity index (χ2v) is 2.84. The fraction of sp³-hybridized carbons (Fsp3) is 0.625. The van der Waals surface area contributed by atoms with Crippen LogP contribution in [-0.4, -0.2) is 29.8 Å². The highest BCUT2D eigenvalue weighted by Crippen LogP contribution is 2.10. The first-order chi connectivity index (χ1) is 4.63. The monoisotopic (exact) mass is 139 g/mol. The molecule has 0 bridgehead atoms. The number of rotatable bonds is 0. The molecule has 0 spiro atoms. The average molecular weight is 139 g/mol. The molecular weight excluding hydrogens is 126 g/mol. The first kappa shape index (κ1) is 7.48. The maximum Gasteiger partial charge on any atom is 0.172 e. The van der Waals surface area contributed by atoms with Gasteiger partial charge in [-0.15, -0.1) is 0 Å². The summed E-state index contributed by atoms with van der Waals surface area (Å²) < 4.78 is 0. The van der Waals surface area contributed by atoms with Gasteiger partial charge in [0.05, 0.1) is 6.04 Å². The molecule has 1 heterocycles. The summed E-state index contributed by atoms with van der Waals surface area (Å²) in [7, 11) is 1.97. The molecule has 1 rings (SSSR count). The molecule has 2 atom stereocenters. The van der Waals surface area contributed by atoms with Crippen molar-refractivity contribution < 1.29 is 4.79 Å². The minimum Gasteiger partial charge on any atom is -0.293 e. The lowest BCUT2D eigenvalue weighted by molar-refractivity contribution is -0.119. The summed E-state index contributed by atoms with van der Waals surface area (Å²) in [6.45, 7) is 4.02. The van der Waals surface area contributed by atoms with Crippen LogP contribution in [0.5, 0.6) is 0 Å². The number of hydrogen-bond donors (Lipinski definition) is 0. The predicted molar refractivity (Wildman–Crippen MR) is 40.8 cm³/mol. The van der Waals surface area contributed by atoms with Crippen molar-refractivity contribution in [3.05, 3.63) is 12.2 Å². The van der Waals surface area contributed by atoms with E-state index in [-0.39, 0.29) is 11.8 Å². The van der Waals surface area contributed by atoms with Gasteiger partial charge in [-0.1, -0.05) is 6.08 Å².